The second kappa shape index (κ2) is 3.57. The molecule has 1 N–H and O–H groups in total. The molecular weight excluding hydrogens is 190 g/mol. The maximum absolute atomic E-state index is 11.9. The zero-order valence-corrected chi connectivity index (χ0v) is 7.19. The summed E-state index contributed by atoms with van der Waals surface area (Å²) in [6.07, 6.45) is -0.697. The average molecular weight is 198 g/mol. The maximum Gasteiger partial charge on any atom is 0.255 e. The molecule has 0 amide bonds. The Kier molecular flexibility index (Phi) is 2.26. The van der Waals surface area contributed by atoms with Crippen molar-refractivity contribution in [2.24, 2.45) is 0 Å². The highest BCUT2D eigenvalue weighted by Gasteiger charge is 2.05. The van der Waals surface area contributed by atoms with Crippen LogP contribution < -0.4 is 5.32 Å². The zero-order chi connectivity index (χ0) is 9.97. The number of halogens is 2. The van der Waals surface area contributed by atoms with Gasteiger partial charge in [0.25, 0.3) is 6.43 Å². The topological polar surface area (TPSA) is 42.2 Å². The number of anilines is 1. The van der Waals surface area contributed by atoms with Gasteiger partial charge in [0.2, 0.25) is 5.95 Å². The summed E-state index contributed by atoms with van der Waals surface area (Å²) >= 11 is 0. The highest BCUT2D eigenvalue weighted by Crippen LogP contribution is 2.04. The van der Waals surface area contributed by atoms with Crippen LogP contribution in [-0.4, -0.2) is 27.6 Å². The quantitative estimate of drug-likeness (QED) is 0.810. The number of aromatic nitrogens is 3. The first kappa shape index (κ1) is 8.86. The molecular formula is C8H8F2N4. The molecule has 2 heterocycles. The van der Waals surface area contributed by atoms with Crippen LogP contribution in [0.5, 0.6) is 0 Å². The third kappa shape index (κ3) is 1.78. The Morgan fingerprint density at radius 2 is 2.29 bits per heavy atom. The van der Waals surface area contributed by atoms with Crippen LogP contribution in [0.15, 0.2) is 24.4 Å². The van der Waals surface area contributed by atoms with Gasteiger partial charge in [0.05, 0.1) is 6.54 Å². The summed E-state index contributed by atoms with van der Waals surface area (Å²) < 4.78 is 25.2. The van der Waals surface area contributed by atoms with Crippen molar-refractivity contribution in [3.8, 4) is 0 Å². The summed E-state index contributed by atoms with van der Waals surface area (Å²) in [5.41, 5.74) is 0.629. The molecule has 0 spiro atoms. The van der Waals surface area contributed by atoms with Crippen LogP contribution in [0.1, 0.15) is 0 Å². The molecule has 0 atom stereocenters. The smallest absolute Gasteiger partial charge is 0.255 e. The predicted molar refractivity (Wildman–Crippen MR) is 47.5 cm³/mol. The number of rotatable bonds is 3. The lowest BCUT2D eigenvalue weighted by molar-refractivity contribution is 0.163. The fourth-order valence-electron chi connectivity index (χ4n) is 1.07. The lowest BCUT2D eigenvalue weighted by atomic mass is 10.5. The molecule has 0 aliphatic carbocycles. The molecule has 0 aliphatic heterocycles. The van der Waals surface area contributed by atoms with Crippen LogP contribution in [0.4, 0.5) is 14.7 Å². The van der Waals surface area contributed by atoms with Gasteiger partial charge in [-0.05, 0) is 12.1 Å². The SMILES string of the molecule is FC(F)CNc1nc2ccccn2n1. The lowest BCUT2D eigenvalue weighted by Crippen LogP contribution is -2.11. The maximum atomic E-state index is 11.9. The zero-order valence-electron chi connectivity index (χ0n) is 7.19. The summed E-state index contributed by atoms with van der Waals surface area (Å²) in [4.78, 5) is 3.99. The van der Waals surface area contributed by atoms with E-state index in [0.29, 0.717) is 5.65 Å². The summed E-state index contributed by atoms with van der Waals surface area (Å²) in [6.45, 7) is -0.434. The van der Waals surface area contributed by atoms with E-state index in [4.69, 9.17) is 0 Å². The second-order valence-electron chi connectivity index (χ2n) is 2.71. The van der Waals surface area contributed by atoms with E-state index in [1.165, 1.54) is 4.52 Å². The van der Waals surface area contributed by atoms with Crippen LogP contribution in [0, 0.1) is 0 Å². The molecule has 2 rings (SSSR count). The molecule has 2 aromatic heterocycles. The third-order valence-electron chi connectivity index (χ3n) is 1.66. The second-order valence-corrected chi connectivity index (χ2v) is 2.71. The summed E-state index contributed by atoms with van der Waals surface area (Å²) in [6, 6.07) is 5.35. The molecule has 0 saturated heterocycles. The predicted octanol–water partition coefficient (Wildman–Crippen LogP) is 1.41. The Labute approximate surface area is 78.6 Å². The van der Waals surface area contributed by atoms with Gasteiger partial charge in [-0.1, -0.05) is 6.07 Å². The van der Waals surface area contributed by atoms with E-state index in [-0.39, 0.29) is 5.95 Å². The first-order valence-corrected chi connectivity index (χ1v) is 4.09. The van der Waals surface area contributed by atoms with Crippen LogP contribution in [0.25, 0.3) is 5.65 Å². The van der Waals surface area contributed by atoms with E-state index in [1.807, 2.05) is 0 Å². The van der Waals surface area contributed by atoms with Crippen molar-refractivity contribution >= 4 is 11.6 Å². The Hall–Kier alpha value is -1.72. The number of nitrogens with zero attached hydrogens (tertiary/aromatic N) is 3. The first-order chi connectivity index (χ1) is 6.75. The van der Waals surface area contributed by atoms with Crippen LogP contribution in [0.3, 0.4) is 0 Å². The van der Waals surface area contributed by atoms with Crippen LogP contribution in [0.2, 0.25) is 0 Å². The minimum atomic E-state index is -2.40. The average Bonchev–Trinajstić information content (AvgIpc) is 2.57. The van der Waals surface area contributed by atoms with Crippen molar-refractivity contribution in [1.29, 1.82) is 0 Å². The van der Waals surface area contributed by atoms with Gasteiger partial charge in [0.15, 0.2) is 5.65 Å². The monoisotopic (exact) mass is 198 g/mol. The standard InChI is InChI=1S/C8H8F2N4/c9-6(10)5-11-8-12-7-3-1-2-4-14(7)13-8/h1-4,6H,5H2,(H,11,13). The van der Waals surface area contributed by atoms with Gasteiger partial charge in [-0.3, -0.25) is 0 Å². The van der Waals surface area contributed by atoms with E-state index in [1.54, 1.807) is 24.4 Å². The molecule has 0 aliphatic rings. The molecule has 0 aromatic carbocycles. The Morgan fingerprint density at radius 3 is 3.00 bits per heavy atom. The molecule has 2 aromatic rings. The first-order valence-electron chi connectivity index (χ1n) is 4.09. The highest BCUT2D eigenvalue weighted by molar-refractivity contribution is 5.42. The molecule has 0 fully saturated rings. The van der Waals surface area contributed by atoms with Gasteiger partial charge >= 0.3 is 0 Å². The number of fused-ring (bicyclic) bond motifs is 1. The van der Waals surface area contributed by atoms with E-state index in [9.17, 15) is 8.78 Å². The van der Waals surface area contributed by atoms with Gasteiger partial charge in [-0.25, -0.2) is 13.3 Å². The van der Waals surface area contributed by atoms with Crippen molar-refractivity contribution in [3.63, 3.8) is 0 Å². The van der Waals surface area contributed by atoms with Gasteiger partial charge in [-0.2, -0.15) is 4.98 Å². The van der Waals surface area contributed by atoms with Crippen molar-refractivity contribution in [1.82, 2.24) is 14.6 Å². The molecule has 6 heteroatoms. The van der Waals surface area contributed by atoms with E-state index in [2.05, 4.69) is 15.4 Å². The Morgan fingerprint density at radius 1 is 1.43 bits per heavy atom. The number of hydrogen-bond acceptors (Lipinski definition) is 3. The fraction of sp³-hybridized carbons (Fsp3) is 0.250. The van der Waals surface area contributed by atoms with Crippen molar-refractivity contribution in [3.05, 3.63) is 24.4 Å². The molecule has 4 nitrogen and oxygen atoms in total. The van der Waals surface area contributed by atoms with Crippen molar-refractivity contribution in [2.75, 3.05) is 11.9 Å². The van der Waals surface area contributed by atoms with Crippen LogP contribution in [-0.2, 0) is 0 Å². The van der Waals surface area contributed by atoms with Gasteiger partial charge < -0.3 is 5.32 Å². The number of hydrogen-bond donors (Lipinski definition) is 1. The van der Waals surface area contributed by atoms with Gasteiger partial charge in [0.1, 0.15) is 0 Å². The van der Waals surface area contributed by atoms with Crippen LogP contribution >= 0.6 is 0 Å². The summed E-state index contributed by atoms with van der Waals surface area (Å²) in [5.74, 6) is 0.219. The molecule has 0 radical (unpaired) electrons. The van der Waals surface area contributed by atoms with E-state index < -0.39 is 13.0 Å². The van der Waals surface area contributed by atoms with Crippen molar-refractivity contribution in [2.45, 2.75) is 6.43 Å². The minimum Gasteiger partial charge on any atom is -0.347 e. The highest BCUT2D eigenvalue weighted by atomic mass is 19.3. The molecule has 0 unspecified atom stereocenters. The third-order valence-corrected chi connectivity index (χ3v) is 1.66. The van der Waals surface area contributed by atoms with Gasteiger partial charge in [-0.15, -0.1) is 5.10 Å². The number of nitrogens with one attached hydrogen (secondary N) is 1. The molecule has 14 heavy (non-hydrogen) atoms. The lowest BCUT2D eigenvalue weighted by Gasteiger charge is -1.97. The normalized spacial score (nSPS) is 11.1. The summed E-state index contributed by atoms with van der Waals surface area (Å²) in [5, 5.41) is 6.39. The fourth-order valence-corrected chi connectivity index (χ4v) is 1.07. The summed E-state index contributed by atoms with van der Waals surface area (Å²) in [7, 11) is 0. The number of pyridine rings is 1. The number of alkyl halides is 2. The van der Waals surface area contributed by atoms with E-state index in [0.717, 1.165) is 0 Å². The van der Waals surface area contributed by atoms with Crippen molar-refractivity contribution < 1.29 is 8.78 Å². The molecule has 0 saturated carbocycles. The van der Waals surface area contributed by atoms with Gasteiger partial charge in [0, 0.05) is 6.20 Å². The molecule has 74 valence electrons. The Bertz CT molecular complexity index is 393. The largest absolute Gasteiger partial charge is 0.347 e. The van der Waals surface area contributed by atoms with E-state index >= 15 is 0 Å². The minimum absolute atomic E-state index is 0.219. The molecule has 0 bridgehead atoms. The Balaban J connectivity index is 2.19.